The first kappa shape index (κ1) is 19.3. The summed E-state index contributed by atoms with van der Waals surface area (Å²) >= 11 is 6.29. The van der Waals surface area contributed by atoms with E-state index in [9.17, 15) is 9.59 Å². The first-order valence-electron chi connectivity index (χ1n) is 9.29. The largest absolute Gasteiger partial charge is 0.496 e. The normalized spacial score (nSPS) is 13.6. The number of rotatable bonds is 5. The van der Waals surface area contributed by atoms with Crippen LogP contribution in [0, 0.1) is 0 Å². The van der Waals surface area contributed by atoms with Crippen molar-refractivity contribution < 1.29 is 4.74 Å². The van der Waals surface area contributed by atoms with Gasteiger partial charge in [-0.1, -0.05) is 41.9 Å². The van der Waals surface area contributed by atoms with Crippen molar-refractivity contribution >= 4 is 17.4 Å². The van der Waals surface area contributed by atoms with Gasteiger partial charge in [0.2, 0.25) is 0 Å². The van der Waals surface area contributed by atoms with Gasteiger partial charge in [0.1, 0.15) is 11.6 Å². The molecule has 4 rings (SSSR count). The molecule has 7 nitrogen and oxygen atoms in total. The first-order valence-corrected chi connectivity index (χ1v) is 9.67. The molecule has 0 saturated carbocycles. The Morgan fingerprint density at radius 1 is 1.10 bits per heavy atom. The van der Waals surface area contributed by atoms with Crippen LogP contribution in [0.15, 0.2) is 58.1 Å². The third-order valence-electron chi connectivity index (χ3n) is 5.04. The fraction of sp³-hybridized carbons (Fsp3) is 0.238. The van der Waals surface area contributed by atoms with Gasteiger partial charge in [-0.25, -0.2) is 9.36 Å². The Hall–Kier alpha value is -3.03. The minimum absolute atomic E-state index is 0.386. The van der Waals surface area contributed by atoms with E-state index >= 15 is 0 Å². The summed E-state index contributed by atoms with van der Waals surface area (Å²) in [6.45, 7) is 1.67. The van der Waals surface area contributed by atoms with Crippen molar-refractivity contribution in [3.8, 4) is 11.4 Å². The van der Waals surface area contributed by atoms with Crippen LogP contribution in [-0.4, -0.2) is 34.8 Å². The molecule has 2 N–H and O–H groups in total. The van der Waals surface area contributed by atoms with Crippen molar-refractivity contribution in [2.75, 3.05) is 25.6 Å². The van der Waals surface area contributed by atoms with Crippen molar-refractivity contribution in [1.82, 2.24) is 14.5 Å². The maximum absolute atomic E-state index is 12.5. The van der Waals surface area contributed by atoms with Gasteiger partial charge >= 0.3 is 5.69 Å². The Bertz CT molecular complexity index is 1160. The van der Waals surface area contributed by atoms with Crippen LogP contribution in [0.5, 0.6) is 5.75 Å². The van der Waals surface area contributed by atoms with Crippen LogP contribution in [0.25, 0.3) is 5.69 Å². The number of nitrogens with one attached hydrogen (secondary N) is 2. The monoisotopic (exact) mass is 412 g/mol. The first-order chi connectivity index (χ1) is 14.1. The third-order valence-corrected chi connectivity index (χ3v) is 5.36. The molecular formula is C21H21ClN4O3. The average Bonchev–Trinajstić information content (AvgIpc) is 2.74. The van der Waals surface area contributed by atoms with Gasteiger partial charge in [-0.15, -0.1) is 0 Å². The fourth-order valence-electron chi connectivity index (χ4n) is 3.58. The minimum atomic E-state index is -0.517. The number of anilines is 1. The van der Waals surface area contributed by atoms with Crippen LogP contribution in [-0.2, 0) is 13.0 Å². The highest BCUT2D eigenvalue weighted by Gasteiger charge is 2.24. The van der Waals surface area contributed by atoms with Crippen LogP contribution in [0.1, 0.15) is 11.1 Å². The quantitative estimate of drug-likeness (QED) is 0.673. The molecule has 0 saturated heterocycles. The second kappa shape index (κ2) is 8.14. The van der Waals surface area contributed by atoms with Gasteiger partial charge in [-0.2, -0.15) is 0 Å². The summed E-state index contributed by atoms with van der Waals surface area (Å²) in [6.07, 6.45) is 0.781. The highest BCUT2D eigenvalue weighted by atomic mass is 35.5. The zero-order valence-corrected chi connectivity index (χ0v) is 16.7. The molecule has 0 atom stereocenters. The van der Waals surface area contributed by atoms with Crippen LogP contribution < -0.4 is 21.3 Å². The van der Waals surface area contributed by atoms with Crippen molar-refractivity contribution in [3.63, 3.8) is 0 Å². The maximum Gasteiger partial charge on any atom is 0.334 e. The Balaban J connectivity index is 1.62. The molecule has 8 heteroatoms. The molecule has 0 spiro atoms. The van der Waals surface area contributed by atoms with E-state index in [-0.39, 0.29) is 5.56 Å². The number of nitrogens with zero attached hydrogens (tertiary/aromatic N) is 2. The van der Waals surface area contributed by atoms with Gasteiger partial charge in [-0.05, 0) is 30.2 Å². The standard InChI is InChI=1S/C21H21ClN4O3/c1-29-18-9-5-2-6-14(18)10-11-25-12-15-19(23-13-25)26(21(28)24-20(15)27)17-8-4-3-7-16(17)22/h2-9,23H,10-13H2,1H3,(H,24,27,28). The lowest BCUT2D eigenvalue weighted by Gasteiger charge is -2.31. The number of ether oxygens (including phenoxy) is 1. The van der Waals surface area contributed by atoms with Crippen molar-refractivity contribution in [2.45, 2.75) is 13.0 Å². The topological polar surface area (TPSA) is 79.4 Å². The van der Waals surface area contributed by atoms with E-state index in [4.69, 9.17) is 16.3 Å². The van der Waals surface area contributed by atoms with Crippen molar-refractivity contribution in [3.05, 3.63) is 85.5 Å². The molecule has 1 aromatic heterocycles. The Labute approximate surface area is 172 Å². The number of aromatic nitrogens is 2. The van der Waals surface area contributed by atoms with Gasteiger partial charge in [0.05, 0.1) is 30.1 Å². The van der Waals surface area contributed by atoms with E-state index in [1.807, 2.05) is 24.3 Å². The predicted molar refractivity (Wildman–Crippen MR) is 113 cm³/mol. The number of fused-ring (bicyclic) bond motifs is 1. The predicted octanol–water partition coefficient (Wildman–Crippen LogP) is 2.62. The summed E-state index contributed by atoms with van der Waals surface area (Å²) in [5, 5.41) is 3.67. The molecular weight excluding hydrogens is 392 g/mol. The summed E-state index contributed by atoms with van der Waals surface area (Å²) in [6, 6.07) is 14.9. The number of aromatic amines is 1. The number of benzene rings is 2. The van der Waals surface area contributed by atoms with E-state index in [1.54, 1.807) is 31.4 Å². The van der Waals surface area contributed by atoms with Gasteiger partial charge in [0.25, 0.3) is 5.56 Å². The molecule has 0 aliphatic carbocycles. The summed E-state index contributed by atoms with van der Waals surface area (Å²) in [5.41, 5.74) is 1.24. The lowest BCUT2D eigenvalue weighted by Crippen LogP contribution is -2.43. The molecule has 2 aromatic carbocycles. The van der Waals surface area contributed by atoms with E-state index in [0.29, 0.717) is 35.3 Å². The van der Waals surface area contributed by atoms with Gasteiger partial charge in [0.15, 0.2) is 0 Å². The van der Waals surface area contributed by atoms with Gasteiger partial charge < -0.3 is 10.1 Å². The number of para-hydroxylation sites is 2. The van der Waals surface area contributed by atoms with Gasteiger partial charge in [-0.3, -0.25) is 14.7 Å². The highest BCUT2D eigenvalue weighted by molar-refractivity contribution is 6.32. The molecule has 29 heavy (non-hydrogen) atoms. The number of halogens is 1. The SMILES string of the molecule is COc1ccccc1CCN1CNc2c(c(=O)[nH]c(=O)n2-c2ccccc2Cl)C1. The second-order valence-electron chi connectivity index (χ2n) is 6.82. The van der Waals surface area contributed by atoms with E-state index in [0.717, 1.165) is 24.3 Å². The number of hydrogen-bond acceptors (Lipinski definition) is 5. The third kappa shape index (κ3) is 3.79. The smallest absolute Gasteiger partial charge is 0.334 e. The Morgan fingerprint density at radius 2 is 1.86 bits per heavy atom. The molecule has 0 amide bonds. The lowest BCUT2D eigenvalue weighted by molar-refractivity contribution is 0.274. The van der Waals surface area contributed by atoms with E-state index < -0.39 is 5.69 Å². The zero-order valence-electron chi connectivity index (χ0n) is 15.9. The molecule has 1 aliphatic heterocycles. The maximum atomic E-state index is 12.5. The molecule has 0 radical (unpaired) electrons. The number of methoxy groups -OCH3 is 1. The lowest BCUT2D eigenvalue weighted by atomic mass is 10.1. The zero-order chi connectivity index (χ0) is 20.4. The van der Waals surface area contributed by atoms with Gasteiger partial charge in [0, 0.05) is 13.1 Å². The van der Waals surface area contributed by atoms with Crippen LogP contribution in [0.4, 0.5) is 5.82 Å². The Kier molecular flexibility index (Phi) is 5.42. The molecule has 2 heterocycles. The van der Waals surface area contributed by atoms with Crippen molar-refractivity contribution in [2.24, 2.45) is 0 Å². The summed E-state index contributed by atoms with van der Waals surface area (Å²) in [7, 11) is 1.66. The number of hydrogen-bond donors (Lipinski definition) is 2. The second-order valence-corrected chi connectivity index (χ2v) is 7.23. The van der Waals surface area contributed by atoms with Crippen LogP contribution >= 0.6 is 11.6 Å². The summed E-state index contributed by atoms with van der Waals surface area (Å²) in [5.74, 6) is 1.34. The van der Waals surface area contributed by atoms with E-state index in [2.05, 4.69) is 15.2 Å². The van der Waals surface area contributed by atoms with Crippen LogP contribution in [0.3, 0.4) is 0 Å². The minimum Gasteiger partial charge on any atom is -0.496 e. The molecule has 0 bridgehead atoms. The Morgan fingerprint density at radius 3 is 2.66 bits per heavy atom. The highest BCUT2D eigenvalue weighted by Crippen LogP contribution is 2.26. The summed E-state index contributed by atoms with van der Waals surface area (Å²) in [4.78, 5) is 29.5. The van der Waals surface area contributed by atoms with E-state index in [1.165, 1.54) is 4.57 Å². The molecule has 0 unspecified atom stereocenters. The molecule has 1 aliphatic rings. The fourth-order valence-corrected chi connectivity index (χ4v) is 3.80. The average molecular weight is 413 g/mol. The molecule has 150 valence electrons. The molecule has 0 fully saturated rings. The van der Waals surface area contributed by atoms with Crippen molar-refractivity contribution in [1.29, 1.82) is 0 Å². The molecule has 3 aromatic rings. The summed E-state index contributed by atoms with van der Waals surface area (Å²) < 4.78 is 6.84. The van der Waals surface area contributed by atoms with Crippen LogP contribution in [0.2, 0.25) is 5.02 Å². The number of H-pyrrole nitrogens is 1.